The monoisotopic (exact) mass is 932 g/mol. The summed E-state index contributed by atoms with van der Waals surface area (Å²) in [4.78, 5) is 74.2. The van der Waals surface area contributed by atoms with E-state index < -0.39 is 79.8 Å². The fourth-order valence-corrected chi connectivity index (χ4v) is 8.34. The molecule has 3 aromatic carbocycles. The summed E-state index contributed by atoms with van der Waals surface area (Å²) >= 11 is 3.21. The first-order chi connectivity index (χ1) is 29.3. The van der Waals surface area contributed by atoms with Crippen molar-refractivity contribution < 1.29 is 46.6 Å². The lowest BCUT2D eigenvalue weighted by Gasteiger charge is -2.30. The topological polar surface area (TPSA) is 211 Å². The van der Waals surface area contributed by atoms with E-state index in [0.29, 0.717) is 28.1 Å². The van der Waals surface area contributed by atoms with Gasteiger partial charge in [-0.3, -0.25) is 19.2 Å². The average Bonchev–Trinajstić information content (AvgIpc) is 3.80. The normalized spacial score (nSPS) is 20.5. The number of benzene rings is 3. The summed E-state index contributed by atoms with van der Waals surface area (Å²) in [7, 11) is -2.79. The van der Waals surface area contributed by atoms with Gasteiger partial charge in [0.1, 0.15) is 40.8 Å². The predicted octanol–water partition coefficient (Wildman–Crippen LogP) is 4.62. The molecule has 16 nitrogen and oxygen atoms in total. The molecule has 2 fully saturated rings. The third-order valence-corrected chi connectivity index (χ3v) is 12.1. The Morgan fingerprint density at radius 2 is 1.69 bits per heavy atom. The van der Waals surface area contributed by atoms with Crippen LogP contribution in [0.1, 0.15) is 40.5 Å². The molecule has 1 aliphatic carbocycles. The number of pyridine rings is 1. The molecule has 1 saturated carbocycles. The van der Waals surface area contributed by atoms with Crippen LogP contribution in [-0.4, -0.2) is 102 Å². The maximum atomic E-state index is 14.7. The number of nitrogens with one attached hydrogen (secondary N) is 4. The quantitative estimate of drug-likeness (QED) is 0.0955. The van der Waals surface area contributed by atoms with Gasteiger partial charge in [0, 0.05) is 42.0 Å². The average molecular weight is 934 g/mol. The maximum Gasteiger partial charge on any atom is 0.408 e. The fourth-order valence-electron chi connectivity index (χ4n) is 7.11. The molecule has 0 radical (unpaired) electrons. The summed E-state index contributed by atoms with van der Waals surface area (Å²) in [6.45, 7) is 9.76. The van der Waals surface area contributed by atoms with E-state index in [4.69, 9.17) is 19.2 Å². The molecule has 5 amide bonds. The Balaban J connectivity index is 1.35. The number of carbonyl (C=O) groups excluding carboxylic acids is 5. The second kappa shape index (κ2) is 18.5. The summed E-state index contributed by atoms with van der Waals surface area (Å²) in [6.07, 6.45) is -0.406. The molecule has 1 saturated heterocycles. The highest BCUT2D eigenvalue weighted by molar-refractivity contribution is 9.10. The van der Waals surface area contributed by atoms with Crippen molar-refractivity contribution in [1.82, 2.24) is 30.6 Å². The van der Waals surface area contributed by atoms with Gasteiger partial charge in [-0.1, -0.05) is 70.5 Å². The lowest BCUT2D eigenvalue weighted by molar-refractivity contribution is -0.141. The zero-order valence-electron chi connectivity index (χ0n) is 34.8. The zero-order chi connectivity index (χ0) is 45.0. The van der Waals surface area contributed by atoms with Gasteiger partial charge in [-0.05, 0) is 58.4 Å². The van der Waals surface area contributed by atoms with Gasteiger partial charge in [0.05, 0.1) is 34.6 Å². The number of ether oxygens (including phenoxy) is 3. The van der Waals surface area contributed by atoms with Gasteiger partial charge < -0.3 is 35.1 Å². The molecule has 0 unspecified atom stereocenters. The molecule has 2 aliphatic rings. The number of hydrogen-bond acceptors (Lipinski definition) is 11. The van der Waals surface area contributed by atoms with Crippen molar-refractivity contribution in [3.8, 4) is 22.8 Å². The maximum absolute atomic E-state index is 14.7. The van der Waals surface area contributed by atoms with Crippen molar-refractivity contribution in [2.24, 2.45) is 5.92 Å². The van der Waals surface area contributed by atoms with E-state index in [2.05, 4.69) is 43.2 Å². The molecular formula is C44H49BrN6O10S. The van der Waals surface area contributed by atoms with Gasteiger partial charge in [-0.15, -0.1) is 6.58 Å². The molecule has 6 rings (SSSR count). The Kier molecular flexibility index (Phi) is 13.6. The predicted molar refractivity (Wildman–Crippen MR) is 234 cm³/mol. The molecular weight excluding hydrogens is 884 g/mol. The molecule has 62 heavy (non-hydrogen) atoms. The standard InChI is InChI=1S/C44H49BrN6O10S/c1-7-28-23-44(28,41(55)50-62(57,58)31-16-12-9-13-17-31)49-39(53)36-21-30(25-51(36)40(54)35(24-46-38(52)26(2)45)48-42(56)61-43(3,4)5)60-37-22-33(27-14-10-8-11-15-27)47-34-20-29(59-6)18-19-32(34)37/h7-20,22,26,28,30,35-36H,1,21,23-25H2,2-6H3,(H,46,52)(H,48,56)(H,49,53)(H,50,55)/t26-,28-,30-,35+,36+,44-/m1/s1. The fraction of sp³-hybridized carbons (Fsp3) is 0.364. The SMILES string of the molecule is C=C[C@@H]1C[C@]1(NC(=O)[C@@H]1C[C@@H](Oc2cc(-c3ccccc3)nc3cc(OC)ccc23)CN1C(=O)[C@H](CNC(=O)[C@@H](C)Br)NC(=O)OC(C)(C)C)C(=O)NS(=O)(=O)c1ccccc1. The van der Waals surface area contributed by atoms with Crippen molar-refractivity contribution in [3.63, 3.8) is 0 Å². The molecule has 4 aromatic rings. The van der Waals surface area contributed by atoms with Crippen molar-refractivity contribution in [2.75, 3.05) is 20.2 Å². The van der Waals surface area contributed by atoms with Crippen LogP contribution >= 0.6 is 15.9 Å². The van der Waals surface area contributed by atoms with Crippen LogP contribution in [0.5, 0.6) is 11.5 Å². The van der Waals surface area contributed by atoms with Crippen LogP contribution in [0.25, 0.3) is 22.2 Å². The molecule has 1 aliphatic heterocycles. The number of halogens is 1. The van der Waals surface area contributed by atoms with Gasteiger partial charge in [0.25, 0.3) is 15.9 Å². The first kappa shape index (κ1) is 45.5. The number of rotatable bonds is 15. The van der Waals surface area contributed by atoms with E-state index in [-0.39, 0.29) is 30.8 Å². The molecule has 1 aromatic heterocycles. The first-order valence-electron chi connectivity index (χ1n) is 19.8. The number of sulfonamides is 1. The van der Waals surface area contributed by atoms with E-state index in [1.807, 2.05) is 30.3 Å². The van der Waals surface area contributed by atoms with E-state index in [1.54, 1.807) is 65.1 Å². The van der Waals surface area contributed by atoms with Crippen molar-refractivity contribution in [1.29, 1.82) is 0 Å². The third-order valence-electron chi connectivity index (χ3n) is 10.4. The first-order valence-corrected chi connectivity index (χ1v) is 22.2. The Labute approximate surface area is 368 Å². The van der Waals surface area contributed by atoms with E-state index in [0.717, 1.165) is 5.56 Å². The highest BCUT2D eigenvalue weighted by atomic mass is 79.9. The van der Waals surface area contributed by atoms with Gasteiger partial charge in [-0.25, -0.2) is 22.9 Å². The van der Waals surface area contributed by atoms with Crippen molar-refractivity contribution in [3.05, 3.63) is 97.6 Å². The molecule has 2 heterocycles. The Hall–Kier alpha value is -6.01. The van der Waals surface area contributed by atoms with Gasteiger partial charge in [0.2, 0.25) is 17.7 Å². The largest absolute Gasteiger partial charge is 0.497 e. The molecule has 0 bridgehead atoms. The van der Waals surface area contributed by atoms with Crippen LogP contribution in [0, 0.1) is 5.92 Å². The Morgan fingerprint density at radius 3 is 2.31 bits per heavy atom. The number of amides is 5. The second-order valence-corrected chi connectivity index (χ2v) is 19.1. The summed E-state index contributed by atoms with van der Waals surface area (Å²) < 4.78 is 46.1. The minimum Gasteiger partial charge on any atom is -0.497 e. The summed E-state index contributed by atoms with van der Waals surface area (Å²) in [5, 5.41) is 8.56. The lowest BCUT2D eigenvalue weighted by Crippen LogP contribution is -2.60. The molecule has 18 heteroatoms. The number of nitrogens with zero attached hydrogens (tertiary/aromatic N) is 2. The van der Waals surface area contributed by atoms with Gasteiger partial charge >= 0.3 is 6.09 Å². The number of likely N-dealkylation sites (tertiary alicyclic amines) is 1. The smallest absolute Gasteiger partial charge is 0.408 e. The van der Waals surface area contributed by atoms with Crippen LogP contribution in [-0.2, 0) is 33.9 Å². The number of carbonyl (C=O) groups is 5. The number of hydrogen-bond donors (Lipinski definition) is 4. The third kappa shape index (κ3) is 10.5. The zero-order valence-corrected chi connectivity index (χ0v) is 37.2. The van der Waals surface area contributed by atoms with Gasteiger partial charge in [-0.2, -0.15) is 0 Å². The van der Waals surface area contributed by atoms with Crippen LogP contribution in [0.15, 0.2) is 102 Å². The summed E-state index contributed by atoms with van der Waals surface area (Å²) in [5.74, 6) is -2.68. The Bertz CT molecular complexity index is 2470. The summed E-state index contributed by atoms with van der Waals surface area (Å²) in [5.41, 5.74) is -0.708. The highest BCUT2D eigenvalue weighted by Crippen LogP contribution is 2.45. The molecule has 4 N–H and O–H groups in total. The minimum absolute atomic E-state index is 0.0350. The summed E-state index contributed by atoms with van der Waals surface area (Å²) in [6, 6.07) is 21.0. The lowest BCUT2D eigenvalue weighted by atomic mass is 10.1. The molecule has 328 valence electrons. The van der Waals surface area contributed by atoms with Crippen LogP contribution in [0.4, 0.5) is 4.79 Å². The molecule has 6 atom stereocenters. The van der Waals surface area contributed by atoms with Crippen LogP contribution in [0.3, 0.4) is 0 Å². The number of methoxy groups -OCH3 is 1. The van der Waals surface area contributed by atoms with E-state index in [9.17, 15) is 32.4 Å². The Morgan fingerprint density at radius 1 is 1.02 bits per heavy atom. The second-order valence-electron chi connectivity index (χ2n) is 16.1. The number of aromatic nitrogens is 1. The van der Waals surface area contributed by atoms with E-state index >= 15 is 0 Å². The minimum atomic E-state index is -4.33. The highest BCUT2D eigenvalue weighted by Gasteiger charge is 2.61. The van der Waals surface area contributed by atoms with Crippen LogP contribution < -0.4 is 30.1 Å². The van der Waals surface area contributed by atoms with Crippen molar-refractivity contribution >= 4 is 66.6 Å². The number of alkyl halides is 1. The number of fused-ring (bicyclic) bond motifs is 1. The molecule has 0 spiro atoms. The van der Waals surface area contributed by atoms with Crippen molar-refractivity contribution in [2.45, 2.75) is 79.6 Å². The number of alkyl carbamates (subject to hydrolysis) is 1. The van der Waals surface area contributed by atoms with Crippen LogP contribution in [0.2, 0.25) is 0 Å². The van der Waals surface area contributed by atoms with E-state index in [1.165, 1.54) is 35.2 Å². The van der Waals surface area contributed by atoms with Gasteiger partial charge in [0.15, 0.2) is 0 Å².